The largest absolute Gasteiger partial charge is 0.489 e. The normalized spacial score (nSPS) is 14.6. The lowest BCUT2D eigenvalue weighted by Gasteiger charge is -2.17. The smallest absolute Gasteiger partial charge is 0.310 e. The Morgan fingerprint density at radius 2 is 2.06 bits per heavy atom. The summed E-state index contributed by atoms with van der Waals surface area (Å²) in [7, 11) is 0. The molecule has 0 spiro atoms. The van der Waals surface area contributed by atoms with E-state index in [1.54, 1.807) is 24.3 Å². The fraction of sp³-hybridized carbons (Fsp3) is 0.385. The standard InChI is InChI=1S/C26H27N3O5S/c1-15-4-9-20-21(12-27)26(35-23(20)10-15)28-24(30)14-33-25(31)11-18-5-7-19(8-6-18)32-13-22-16(2)29-34-17(22)3/h5-8,15H,4,9-11,13-14H2,1-3H3,(H,28,30)/t15-/m1/s1. The SMILES string of the molecule is Cc1noc(C)c1COc1ccc(CC(=O)OCC(=O)Nc2sc3c(c2C#N)CC[C@@H](C)C3)cc1. The van der Waals surface area contributed by atoms with Crippen LogP contribution in [0.25, 0.3) is 0 Å². The maximum atomic E-state index is 12.4. The van der Waals surface area contributed by atoms with Crippen molar-refractivity contribution in [2.24, 2.45) is 5.92 Å². The number of hydrogen-bond acceptors (Lipinski definition) is 8. The first-order valence-corrected chi connectivity index (χ1v) is 12.3. The van der Waals surface area contributed by atoms with Crippen LogP contribution in [-0.2, 0) is 40.2 Å². The molecule has 1 atom stereocenters. The summed E-state index contributed by atoms with van der Waals surface area (Å²) in [6, 6.07) is 9.32. The van der Waals surface area contributed by atoms with Gasteiger partial charge < -0.3 is 19.3 Å². The highest BCUT2D eigenvalue weighted by molar-refractivity contribution is 7.16. The number of fused-ring (bicyclic) bond motifs is 1. The van der Waals surface area contributed by atoms with Crippen LogP contribution in [0.3, 0.4) is 0 Å². The molecule has 3 aromatic rings. The number of carbonyl (C=O) groups excluding carboxylic acids is 2. The van der Waals surface area contributed by atoms with E-state index in [0.29, 0.717) is 28.8 Å². The van der Waals surface area contributed by atoms with Crippen LogP contribution in [0.5, 0.6) is 5.75 Å². The van der Waals surface area contributed by atoms with Crippen LogP contribution >= 0.6 is 11.3 Å². The number of amides is 1. The topological polar surface area (TPSA) is 114 Å². The number of nitrogens with one attached hydrogen (secondary N) is 1. The van der Waals surface area contributed by atoms with Gasteiger partial charge in [0.1, 0.15) is 29.2 Å². The van der Waals surface area contributed by atoms with Gasteiger partial charge in [-0.3, -0.25) is 9.59 Å². The van der Waals surface area contributed by atoms with Gasteiger partial charge in [0.05, 0.1) is 23.2 Å². The number of anilines is 1. The summed E-state index contributed by atoms with van der Waals surface area (Å²) in [5, 5.41) is 16.7. The van der Waals surface area contributed by atoms with Crippen LogP contribution in [0.15, 0.2) is 28.8 Å². The van der Waals surface area contributed by atoms with Crippen molar-refractivity contribution < 1.29 is 23.6 Å². The van der Waals surface area contributed by atoms with Gasteiger partial charge in [-0.2, -0.15) is 5.26 Å². The summed E-state index contributed by atoms with van der Waals surface area (Å²) in [5.41, 5.74) is 4.03. The van der Waals surface area contributed by atoms with Gasteiger partial charge in [-0.05, 0) is 62.3 Å². The van der Waals surface area contributed by atoms with Crippen molar-refractivity contribution in [2.45, 2.75) is 53.1 Å². The molecule has 1 aromatic carbocycles. The number of rotatable bonds is 8. The van der Waals surface area contributed by atoms with E-state index < -0.39 is 18.5 Å². The van der Waals surface area contributed by atoms with Crippen molar-refractivity contribution in [2.75, 3.05) is 11.9 Å². The Bertz CT molecular complexity index is 1250. The van der Waals surface area contributed by atoms with Gasteiger partial charge >= 0.3 is 5.97 Å². The zero-order valence-electron chi connectivity index (χ0n) is 20.0. The second kappa shape index (κ2) is 10.7. The third kappa shape index (κ3) is 5.89. The highest BCUT2D eigenvalue weighted by Gasteiger charge is 2.24. The highest BCUT2D eigenvalue weighted by Crippen LogP contribution is 2.39. The lowest BCUT2D eigenvalue weighted by atomic mass is 9.89. The van der Waals surface area contributed by atoms with E-state index in [2.05, 4.69) is 23.5 Å². The zero-order chi connectivity index (χ0) is 24.9. The summed E-state index contributed by atoms with van der Waals surface area (Å²) < 4.78 is 16.0. The number of benzene rings is 1. The first kappa shape index (κ1) is 24.5. The molecule has 9 heteroatoms. The predicted molar refractivity (Wildman–Crippen MR) is 130 cm³/mol. The molecule has 0 fully saturated rings. The van der Waals surface area contributed by atoms with Gasteiger partial charge in [-0.1, -0.05) is 24.2 Å². The molecule has 182 valence electrons. The maximum absolute atomic E-state index is 12.4. The lowest BCUT2D eigenvalue weighted by molar-refractivity contribution is -0.146. The van der Waals surface area contributed by atoms with Crippen LogP contribution in [0, 0.1) is 31.1 Å². The Morgan fingerprint density at radius 1 is 1.29 bits per heavy atom. The number of esters is 1. The fourth-order valence-electron chi connectivity index (χ4n) is 4.05. The number of aryl methyl sites for hydroxylation is 2. The molecule has 1 N–H and O–H groups in total. The molecule has 0 radical (unpaired) electrons. The Hall–Kier alpha value is -3.64. The molecule has 4 rings (SSSR count). The van der Waals surface area contributed by atoms with Gasteiger partial charge in [-0.15, -0.1) is 11.3 Å². The molecule has 0 unspecified atom stereocenters. The number of ether oxygens (including phenoxy) is 2. The summed E-state index contributed by atoms with van der Waals surface area (Å²) in [4.78, 5) is 25.7. The lowest BCUT2D eigenvalue weighted by Crippen LogP contribution is -2.21. The van der Waals surface area contributed by atoms with E-state index in [1.807, 2.05) is 13.8 Å². The van der Waals surface area contributed by atoms with Crippen LogP contribution < -0.4 is 10.1 Å². The molecule has 0 saturated heterocycles. The van der Waals surface area contributed by atoms with Crippen LogP contribution in [-0.4, -0.2) is 23.6 Å². The third-order valence-electron chi connectivity index (χ3n) is 6.08. The van der Waals surface area contributed by atoms with Gasteiger partial charge in [0, 0.05) is 4.88 Å². The zero-order valence-corrected chi connectivity index (χ0v) is 20.8. The number of nitriles is 1. The second-order valence-corrected chi connectivity index (χ2v) is 9.89. The second-order valence-electron chi connectivity index (χ2n) is 8.79. The molecule has 1 aliphatic carbocycles. The summed E-state index contributed by atoms with van der Waals surface area (Å²) in [6.45, 7) is 5.83. The first-order valence-electron chi connectivity index (χ1n) is 11.5. The van der Waals surface area contributed by atoms with E-state index in [-0.39, 0.29) is 6.42 Å². The molecule has 1 amide bonds. The number of aromatic nitrogens is 1. The number of carbonyl (C=O) groups is 2. The van der Waals surface area contributed by atoms with E-state index >= 15 is 0 Å². The van der Waals surface area contributed by atoms with Crippen molar-refractivity contribution in [3.05, 3.63) is 62.9 Å². The van der Waals surface area contributed by atoms with Gasteiger partial charge in [-0.25, -0.2) is 0 Å². The molecular weight excluding hydrogens is 466 g/mol. The van der Waals surface area contributed by atoms with Crippen molar-refractivity contribution >= 4 is 28.2 Å². The van der Waals surface area contributed by atoms with E-state index in [4.69, 9.17) is 14.0 Å². The molecule has 0 saturated carbocycles. The van der Waals surface area contributed by atoms with Crippen molar-refractivity contribution in [3.63, 3.8) is 0 Å². The van der Waals surface area contributed by atoms with Crippen molar-refractivity contribution in [1.82, 2.24) is 5.16 Å². The molecule has 0 aliphatic heterocycles. The molecular formula is C26H27N3O5S. The monoisotopic (exact) mass is 493 g/mol. The summed E-state index contributed by atoms with van der Waals surface area (Å²) >= 11 is 1.45. The molecule has 35 heavy (non-hydrogen) atoms. The molecule has 2 aromatic heterocycles. The van der Waals surface area contributed by atoms with Gasteiger partial charge in [0.15, 0.2) is 6.61 Å². The highest BCUT2D eigenvalue weighted by atomic mass is 32.1. The van der Waals surface area contributed by atoms with Crippen LogP contribution in [0.4, 0.5) is 5.00 Å². The summed E-state index contributed by atoms with van der Waals surface area (Å²) in [6.07, 6.45) is 2.84. The third-order valence-corrected chi connectivity index (χ3v) is 7.25. The van der Waals surface area contributed by atoms with E-state index in [9.17, 15) is 14.9 Å². The number of thiophene rings is 1. The average molecular weight is 494 g/mol. The van der Waals surface area contributed by atoms with Gasteiger partial charge in [0.25, 0.3) is 5.91 Å². The Morgan fingerprint density at radius 3 is 2.74 bits per heavy atom. The maximum Gasteiger partial charge on any atom is 0.310 e. The Labute approximate surface area is 207 Å². The van der Waals surface area contributed by atoms with E-state index in [1.165, 1.54) is 11.3 Å². The van der Waals surface area contributed by atoms with Crippen LogP contribution in [0.2, 0.25) is 0 Å². The minimum atomic E-state index is -0.510. The van der Waals surface area contributed by atoms with E-state index in [0.717, 1.165) is 52.3 Å². The molecule has 1 aliphatic rings. The average Bonchev–Trinajstić information content (AvgIpc) is 3.34. The fourth-order valence-corrected chi connectivity index (χ4v) is 5.43. The molecule has 2 heterocycles. The molecule has 8 nitrogen and oxygen atoms in total. The number of nitrogens with zero attached hydrogens (tertiary/aromatic N) is 2. The van der Waals surface area contributed by atoms with Crippen LogP contribution in [0.1, 0.15) is 51.9 Å². The van der Waals surface area contributed by atoms with Crippen molar-refractivity contribution in [3.8, 4) is 11.8 Å². The summed E-state index contributed by atoms with van der Waals surface area (Å²) in [5.74, 6) is 0.986. The van der Waals surface area contributed by atoms with Gasteiger partial charge in [0.2, 0.25) is 0 Å². The first-order chi connectivity index (χ1) is 16.8. The van der Waals surface area contributed by atoms with Crippen molar-refractivity contribution in [1.29, 1.82) is 5.26 Å². The minimum Gasteiger partial charge on any atom is -0.489 e. The Balaban J connectivity index is 1.25. The predicted octanol–water partition coefficient (Wildman–Crippen LogP) is 4.65. The minimum absolute atomic E-state index is 0.0338. The Kier molecular flexibility index (Phi) is 7.51. The number of hydrogen-bond donors (Lipinski definition) is 1. The quantitative estimate of drug-likeness (QED) is 0.454. The molecule has 0 bridgehead atoms.